The van der Waals surface area contributed by atoms with Crippen molar-refractivity contribution in [2.24, 2.45) is 11.8 Å². The van der Waals surface area contributed by atoms with Crippen molar-refractivity contribution in [2.45, 2.75) is 184 Å². The Kier molecular flexibility index (Phi) is 24.4. The van der Waals surface area contributed by atoms with Gasteiger partial charge in [0, 0.05) is 24.8 Å². The number of hydrogen-bond donors (Lipinski definition) is 14. The Labute approximate surface area is 420 Å². The zero-order valence-corrected chi connectivity index (χ0v) is 41.9. The van der Waals surface area contributed by atoms with E-state index in [0.29, 0.717) is 4.57 Å². The predicted molar refractivity (Wildman–Crippen MR) is 250 cm³/mol. The van der Waals surface area contributed by atoms with Gasteiger partial charge in [-0.1, -0.05) is 83.4 Å². The number of phosphoric ester groups is 1. The third-order valence-electron chi connectivity index (χ3n) is 12.9. The Morgan fingerprint density at radius 1 is 0.822 bits per heavy atom. The monoisotopic (exact) mass is 1070 g/mol. The van der Waals surface area contributed by atoms with Gasteiger partial charge in [-0.15, -0.1) is 0 Å². The van der Waals surface area contributed by atoms with Gasteiger partial charge in [0.2, 0.25) is 11.8 Å². The first kappa shape index (κ1) is 61.7. The largest absolute Gasteiger partial charge is 0.479 e. The van der Waals surface area contributed by atoms with E-state index in [-0.39, 0.29) is 5.92 Å². The molecule has 19 unspecified atom stereocenters. The van der Waals surface area contributed by atoms with E-state index in [1.165, 1.54) is 38.2 Å². The summed E-state index contributed by atoms with van der Waals surface area (Å²) in [7, 11) is -5.98. The maximum atomic E-state index is 13.8. The highest BCUT2D eigenvalue weighted by Crippen LogP contribution is 2.49. The van der Waals surface area contributed by atoms with Gasteiger partial charge in [0.1, 0.15) is 67.1 Å². The van der Waals surface area contributed by atoms with Crippen LogP contribution in [0.25, 0.3) is 0 Å². The van der Waals surface area contributed by atoms with Gasteiger partial charge in [0.25, 0.3) is 5.56 Å². The lowest BCUT2D eigenvalue weighted by atomic mass is 9.97. The van der Waals surface area contributed by atoms with Gasteiger partial charge in [-0.25, -0.2) is 14.2 Å². The van der Waals surface area contributed by atoms with Crippen molar-refractivity contribution in [2.75, 3.05) is 19.8 Å². The minimum Gasteiger partial charge on any atom is -0.479 e. The molecule has 4 heterocycles. The SMILES string of the molecule is CCC(C)CCCCCCCC(C)C=C(C)C=CC(=O)NCC(=O)NC1C(OP(=O)(O)OC(C(=O)O)C(CC2OC(n3ccc(=O)[nH]c3=O)C(O)C2O)OC2OC(CO)C(O)C(O)C2O)OC(CO)C(O)C1O. The number of amides is 2. The first-order valence-corrected chi connectivity index (χ1v) is 25.7. The normalized spacial score (nSPS) is 32.4. The van der Waals surface area contributed by atoms with Crippen LogP contribution in [0.2, 0.25) is 0 Å². The van der Waals surface area contributed by atoms with Crippen LogP contribution in [0.4, 0.5) is 0 Å². The Morgan fingerprint density at radius 3 is 2.04 bits per heavy atom. The zero-order valence-electron chi connectivity index (χ0n) is 41.0. The summed E-state index contributed by atoms with van der Waals surface area (Å²) in [6.45, 7) is 5.55. The predicted octanol–water partition coefficient (Wildman–Crippen LogP) is -2.73. The van der Waals surface area contributed by atoms with E-state index in [2.05, 4.69) is 31.4 Å². The van der Waals surface area contributed by atoms with Crippen LogP contribution >= 0.6 is 7.82 Å². The third-order valence-corrected chi connectivity index (χ3v) is 13.8. The molecule has 1 aromatic heterocycles. The molecule has 19 atom stereocenters. The summed E-state index contributed by atoms with van der Waals surface area (Å²) in [5.41, 5.74) is -1.15. The molecule has 0 bridgehead atoms. The van der Waals surface area contributed by atoms with Gasteiger partial charge in [-0.3, -0.25) is 33.0 Å². The van der Waals surface area contributed by atoms with Crippen molar-refractivity contribution < 1.29 is 103 Å². The van der Waals surface area contributed by atoms with E-state index >= 15 is 0 Å². The molecule has 1 aromatic rings. The molecule has 3 fully saturated rings. The number of aromatic amines is 1. The topological polar surface area (TPSA) is 425 Å². The number of aliphatic carboxylic acids is 1. The van der Waals surface area contributed by atoms with Crippen LogP contribution in [-0.2, 0) is 46.9 Å². The number of aromatic nitrogens is 2. The molecule has 4 rings (SSSR count). The van der Waals surface area contributed by atoms with Crippen LogP contribution in [0.1, 0.15) is 91.7 Å². The molecule has 3 aliphatic rings. The second kappa shape index (κ2) is 28.9. The highest BCUT2D eigenvalue weighted by Gasteiger charge is 2.53. The number of aliphatic hydroxyl groups excluding tert-OH is 9. The van der Waals surface area contributed by atoms with Crippen molar-refractivity contribution in [1.29, 1.82) is 0 Å². The fourth-order valence-electron chi connectivity index (χ4n) is 8.46. The van der Waals surface area contributed by atoms with Gasteiger partial charge in [0.05, 0.1) is 25.9 Å². The summed E-state index contributed by atoms with van der Waals surface area (Å²) in [6, 6.07) is -1.13. The second-order valence-corrected chi connectivity index (χ2v) is 20.1. The lowest BCUT2D eigenvalue weighted by Crippen LogP contribution is -2.65. The van der Waals surface area contributed by atoms with Crippen molar-refractivity contribution in [1.82, 2.24) is 20.2 Å². The molecule has 28 heteroatoms. The van der Waals surface area contributed by atoms with Crippen LogP contribution in [0.15, 0.2) is 45.7 Å². The summed E-state index contributed by atoms with van der Waals surface area (Å²) in [5.74, 6) is -2.93. The maximum absolute atomic E-state index is 13.8. The van der Waals surface area contributed by atoms with Gasteiger partial charge in [-0.05, 0) is 25.2 Å². The number of allylic oxidation sites excluding steroid dienone is 3. The van der Waals surface area contributed by atoms with Gasteiger partial charge >= 0.3 is 19.5 Å². The van der Waals surface area contributed by atoms with E-state index in [0.717, 1.165) is 43.0 Å². The first-order chi connectivity index (χ1) is 34.4. The summed E-state index contributed by atoms with van der Waals surface area (Å²) in [4.78, 5) is 75.9. The number of phosphoric acid groups is 1. The van der Waals surface area contributed by atoms with Crippen molar-refractivity contribution in [3.63, 3.8) is 0 Å². The lowest BCUT2D eigenvalue weighted by Gasteiger charge is -2.43. The Balaban J connectivity index is 1.47. The molecule has 27 nitrogen and oxygen atoms in total. The van der Waals surface area contributed by atoms with Crippen LogP contribution < -0.4 is 21.9 Å². The molecule has 3 aliphatic heterocycles. The average molecular weight is 1070 g/mol. The molecular weight excluding hydrogens is 995 g/mol. The fourth-order valence-corrected chi connectivity index (χ4v) is 9.47. The van der Waals surface area contributed by atoms with Gasteiger partial charge < -0.3 is 85.5 Å². The number of nitrogens with zero attached hydrogens (tertiary/aromatic N) is 1. The Bertz CT molecular complexity index is 2160. The molecule has 3 saturated heterocycles. The standard InChI is InChI=1S/C45H73N4O23P/c1-5-22(2)11-9-7-6-8-10-12-23(3)17-24(4)13-14-29(52)46-19-31(54)47-32-36(58)34(56)27(20-50)69-43(32)72-73(65,66)71-40(42(62)63)26(68-44-39(61)37(59)35(57)28(21-51)70-44)18-25-33(55)38(60)41(67-25)49-16-15-30(53)48-45(49)64/h13-17,22-23,25-28,32-41,43-44,50-51,55-61H,5-12,18-21H2,1-4H3,(H,46,52)(H,47,54)(H,62,63)(H,65,66)(H,48,53,64). The number of rotatable bonds is 28. The molecule has 416 valence electrons. The van der Waals surface area contributed by atoms with Crippen molar-refractivity contribution in [3.05, 3.63) is 56.9 Å². The quantitative estimate of drug-likeness (QED) is 0.0175. The number of carbonyl (C=O) groups is 3. The Hall–Kier alpha value is -3.84. The molecular formula is C45H73N4O23P. The number of nitrogens with one attached hydrogen (secondary N) is 3. The number of carboxylic acids is 1. The Morgan fingerprint density at radius 2 is 1.42 bits per heavy atom. The van der Waals surface area contributed by atoms with Crippen molar-refractivity contribution >= 4 is 25.6 Å². The first-order valence-electron chi connectivity index (χ1n) is 24.2. The van der Waals surface area contributed by atoms with Crippen LogP contribution in [0.5, 0.6) is 0 Å². The molecule has 14 N–H and O–H groups in total. The number of ether oxygens (including phenoxy) is 4. The molecule has 0 aromatic carbocycles. The third kappa shape index (κ3) is 17.9. The van der Waals surface area contributed by atoms with Crippen molar-refractivity contribution in [3.8, 4) is 0 Å². The van der Waals surface area contributed by atoms with Gasteiger partial charge in [-0.2, -0.15) is 0 Å². The summed E-state index contributed by atoms with van der Waals surface area (Å²) >= 11 is 0. The number of hydrogen-bond acceptors (Lipinski definition) is 21. The molecule has 73 heavy (non-hydrogen) atoms. The second-order valence-electron chi connectivity index (χ2n) is 18.7. The minimum absolute atomic E-state index is 0.244. The van der Waals surface area contributed by atoms with E-state index in [4.69, 9.17) is 28.0 Å². The highest BCUT2D eigenvalue weighted by molar-refractivity contribution is 7.47. The number of unbranched alkanes of at least 4 members (excludes halogenated alkanes) is 4. The maximum Gasteiger partial charge on any atom is 0.475 e. The van der Waals surface area contributed by atoms with Crippen LogP contribution in [0.3, 0.4) is 0 Å². The number of aliphatic hydroxyl groups is 9. The zero-order chi connectivity index (χ0) is 54.3. The van der Waals surface area contributed by atoms with E-state index in [9.17, 15) is 84.5 Å². The van der Waals surface area contributed by atoms with E-state index < -0.39 is 161 Å². The minimum atomic E-state index is -5.98. The summed E-state index contributed by atoms with van der Waals surface area (Å²) in [5, 5.41) is 109. The molecule has 0 spiro atoms. The van der Waals surface area contributed by atoms with Gasteiger partial charge in [0.15, 0.2) is 24.9 Å². The lowest BCUT2D eigenvalue weighted by molar-refractivity contribution is -0.318. The number of carbonyl (C=O) groups excluding carboxylic acids is 2. The molecule has 2 amide bonds. The molecule has 0 saturated carbocycles. The number of carboxylic acid groups (broad SMARTS) is 1. The number of H-pyrrole nitrogens is 1. The average Bonchev–Trinajstić information content (AvgIpc) is 3.61. The summed E-state index contributed by atoms with van der Waals surface area (Å²) < 4.78 is 46.6. The summed E-state index contributed by atoms with van der Waals surface area (Å²) in [6.07, 6.45) is -17.1. The van der Waals surface area contributed by atoms with E-state index in [1.807, 2.05) is 18.0 Å². The van der Waals surface area contributed by atoms with E-state index in [1.54, 1.807) is 6.08 Å². The van der Waals surface area contributed by atoms with Crippen LogP contribution in [0, 0.1) is 11.8 Å². The highest BCUT2D eigenvalue weighted by atomic mass is 31.2. The molecule has 0 radical (unpaired) electrons. The fraction of sp³-hybridized carbons (Fsp3) is 0.756. The van der Waals surface area contributed by atoms with Crippen LogP contribution in [-0.4, -0.2) is 195 Å². The molecule has 0 aliphatic carbocycles. The smallest absolute Gasteiger partial charge is 0.475 e.